The van der Waals surface area contributed by atoms with E-state index in [1.807, 2.05) is 20.2 Å². The van der Waals surface area contributed by atoms with Gasteiger partial charge in [-0.05, 0) is 71.3 Å². The summed E-state index contributed by atoms with van der Waals surface area (Å²) in [6.45, 7) is 0.650. The van der Waals surface area contributed by atoms with E-state index in [1.54, 1.807) is 12.1 Å². The Bertz CT molecular complexity index is 671. The van der Waals surface area contributed by atoms with Crippen LogP contribution >= 0.6 is 34.2 Å². The highest BCUT2D eigenvalue weighted by Crippen LogP contribution is 2.18. The lowest BCUT2D eigenvalue weighted by atomic mass is 10.1. The molecule has 0 aliphatic heterocycles. The SMILES string of the molecule is CN(C)c1ccc(CCCNC(=O)c2cc(Cl)ccc2I)cc1. The molecule has 0 radical (unpaired) electrons. The minimum absolute atomic E-state index is 0.0696. The molecule has 122 valence electrons. The molecular formula is C18H20ClIN2O. The van der Waals surface area contributed by atoms with Crippen LogP contribution in [0.15, 0.2) is 42.5 Å². The Balaban J connectivity index is 1.81. The van der Waals surface area contributed by atoms with E-state index in [-0.39, 0.29) is 5.91 Å². The molecule has 0 saturated heterocycles. The van der Waals surface area contributed by atoms with Gasteiger partial charge in [0.25, 0.3) is 5.91 Å². The van der Waals surface area contributed by atoms with Gasteiger partial charge in [0.15, 0.2) is 0 Å². The molecule has 1 N–H and O–H groups in total. The first-order chi connectivity index (χ1) is 11.0. The third-order valence-electron chi connectivity index (χ3n) is 3.55. The maximum atomic E-state index is 12.2. The molecule has 0 atom stereocenters. The highest BCUT2D eigenvalue weighted by atomic mass is 127. The van der Waals surface area contributed by atoms with Crippen LogP contribution in [0, 0.1) is 3.57 Å². The number of rotatable bonds is 6. The van der Waals surface area contributed by atoms with Crippen LogP contribution in [0.2, 0.25) is 5.02 Å². The largest absolute Gasteiger partial charge is 0.378 e. The van der Waals surface area contributed by atoms with Gasteiger partial charge in [0, 0.05) is 34.9 Å². The van der Waals surface area contributed by atoms with Crippen molar-refractivity contribution in [2.24, 2.45) is 0 Å². The van der Waals surface area contributed by atoms with Crippen molar-refractivity contribution in [1.82, 2.24) is 5.32 Å². The van der Waals surface area contributed by atoms with E-state index in [4.69, 9.17) is 11.6 Å². The Hall–Kier alpha value is -1.27. The highest BCUT2D eigenvalue weighted by molar-refractivity contribution is 14.1. The summed E-state index contributed by atoms with van der Waals surface area (Å²) in [5.41, 5.74) is 3.10. The Labute approximate surface area is 156 Å². The molecule has 3 nitrogen and oxygen atoms in total. The molecule has 0 saturated carbocycles. The van der Waals surface area contributed by atoms with Crippen LogP contribution in [-0.4, -0.2) is 26.5 Å². The minimum atomic E-state index is -0.0696. The lowest BCUT2D eigenvalue weighted by Crippen LogP contribution is -2.25. The third-order valence-corrected chi connectivity index (χ3v) is 4.73. The Morgan fingerprint density at radius 3 is 2.52 bits per heavy atom. The van der Waals surface area contributed by atoms with Gasteiger partial charge < -0.3 is 10.2 Å². The molecule has 0 bridgehead atoms. The number of halogens is 2. The summed E-state index contributed by atoms with van der Waals surface area (Å²) in [5.74, 6) is -0.0696. The summed E-state index contributed by atoms with van der Waals surface area (Å²) in [7, 11) is 4.06. The average molecular weight is 443 g/mol. The van der Waals surface area contributed by atoms with Crippen LogP contribution in [0.1, 0.15) is 22.3 Å². The van der Waals surface area contributed by atoms with Gasteiger partial charge in [0.05, 0.1) is 5.56 Å². The summed E-state index contributed by atoms with van der Waals surface area (Å²) in [5, 5.41) is 3.54. The number of hydrogen-bond acceptors (Lipinski definition) is 2. The normalized spacial score (nSPS) is 10.4. The van der Waals surface area contributed by atoms with Crippen molar-refractivity contribution < 1.29 is 4.79 Å². The fraction of sp³-hybridized carbons (Fsp3) is 0.278. The minimum Gasteiger partial charge on any atom is -0.378 e. The number of amides is 1. The van der Waals surface area contributed by atoms with E-state index in [0.29, 0.717) is 17.1 Å². The average Bonchev–Trinajstić information content (AvgIpc) is 2.54. The molecule has 0 unspecified atom stereocenters. The first-order valence-electron chi connectivity index (χ1n) is 7.47. The second-order valence-corrected chi connectivity index (χ2v) is 7.14. The molecule has 2 aromatic rings. The summed E-state index contributed by atoms with van der Waals surface area (Å²) >= 11 is 8.10. The number of nitrogens with one attached hydrogen (secondary N) is 1. The Morgan fingerprint density at radius 1 is 1.17 bits per heavy atom. The zero-order valence-corrected chi connectivity index (χ0v) is 16.2. The Morgan fingerprint density at radius 2 is 1.87 bits per heavy atom. The summed E-state index contributed by atoms with van der Waals surface area (Å²) < 4.78 is 0.906. The van der Waals surface area contributed by atoms with Crippen LogP contribution in [0.4, 0.5) is 5.69 Å². The van der Waals surface area contributed by atoms with Gasteiger partial charge in [-0.3, -0.25) is 4.79 Å². The molecule has 23 heavy (non-hydrogen) atoms. The molecule has 0 spiro atoms. The maximum absolute atomic E-state index is 12.2. The summed E-state index contributed by atoms with van der Waals surface area (Å²) in [6.07, 6.45) is 1.85. The van der Waals surface area contributed by atoms with E-state index in [9.17, 15) is 4.79 Å². The number of anilines is 1. The number of carbonyl (C=O) groups excluding carboxylic acids is 1. The van der Waals surface area contributed by atoms with Crippen LogP contribution in [0.25, 0.3) is 0 Å². The third kappa shape index (κ3) is 5.39. The van der Waals surface area contributed by atoms with E-state index >= 15 is 0 Å². The predicted octanol–water partition coefficient (Wildman–Crippen LogP) is 4.37. The summed E-state index contributed by atoms with van der Waals surface area (Å²) in [6, 6.07) is 13.8. The van der Waals surface area contributed by atoms with E-state index < -0.39 is 0 Å². The number of nitrogens with zero attached hydrogens (tertiary/aromatic N) is 1. The second kappa shape index (κ2) is 8.55. The van der Waals surface area contributed by atoms with Crippen LogP contribution in [-0.2, 0) is 6.42 Å². The van der Waals surface area contributed by atoms with Crippen molar-refractivity contribution in [2.45, 2.75) is 12.8 Å². The monoisotopic (exact) mass is 442 g/mol. The van der Waals surface area contributed by atoms with E-state index in [0.717, 1.165) is 16.4 Å². The van der Waals surface area contributed by atoms with Crippen molar-refractivity contribution in [3.63, 3.8) is 0 Å². The van der Waals surface area contributed by atoms with E-state index in [2.05, 4.69) is 57.1 Å². The molecule has 1 amide bonds. The lowest BCUT2D eigenvalue weighted by molar-refractivity contribution is 0.0952. The van der Waals surface area contributed by atoms with Crippen LogP contribution < -0.4 is 10.2 Å². The quantitative estimate of drug-likeness (QED) is 0.532. The first-order valence-corrected chi connectivity index (χ1v) is 8.92. The van der Waals surface area contributed by atoms with Gasteiger partial charge in [-0.25, -0.2) is 0 Å². The zero-order chi connectivity index (χ0) is 16.8. The molecule has 0 heterocycles. The van der Waals surface area contributed by atoms with Crippen LogP contribution in [0.5, 0.6) is 0 Å². The fourth-order valence-electron chi connectivity index (χ4n) is 2.22. The van der Waals surface area contributed by atoms with Gasteiger partial charge in [-0.1, -0.05) is 23.7 Å². The topological polar surface area (TPSA) is 32.3 Å². The fourth-order valence-corrected chi connectivity index (χ4v) is 2.97. The molecule has 0 aliphatic rings. The smallest absolute Gasteiger partial charge is 0.252 e. The lowest BCUT2D eigenvalue weighted by Gasteiger charge is -2.12. The molecule has 2 aromatic carbocycles. The molecule has 0 aromatic heterocycles. The molecule has 0 aliphatic carbocycles. The van der Waals surface area contributed by atoms with Crippen molar-refractivity contribution in [3.05, 3.63) is 62.2 Å². The molecule has 5 heteroatoms. The van der Waals surface area contributed by atoms with Crippen molar-refractivity contribution in [1.29, 1.82) is 0 Å². The number of carbonyl (C=O) groups is 1. The summed E-state index contributed by atoms with van der Waals surface area (Å²) in [4.78, 5) is 14.2. The van der Waals surface area contributed by atoms with Gasteiger partial charge in [-0.15, -0.1) is 0 Å². The zero-order valence-electron chi connectivity index (χ0n) is 13.3. The van der Waals surface area contributed by atoms with Crippen molar-refractivity contribution in [2.75, 3.05) is 25.5 Å². The van der Waals surface area contributed by atoms with Crippen LogP contribution in [0.3, 0.4) is 0 Å². The predicted molar refractivity (Wildman–Crippen MR) is 106 cm³/mol. The number of benzene rings is 2. The molecule has 2 rings (SSSR count). The van der Waals surface area contributed by atoms with Gasteiger partial charge in [0.2, 0.25) is 0 Å². The van der Waals surface area contributed by atoms with Crippen molar-refractivity contribution >= 4 is 45.8 Å². The van der Waals surface area contributed by atoms with Gasteiger partial charge >= 0.3 is 0 Å². The number of hydrogen-bond donors (Lipinski definition) is 1. The highest BCUT2D eigenvalue weighted by Gasteiger charge is 2.09. The first kappa shape index (κ1) is 18.1. The van der Waals surface area contributed by atoms with E-state index in [1.165, 1.54) is 11.3 Å². The standard InChI is InChI=1S/C18H20ClIN2O/c1-22(2)15-8-5-13(6-9-15)4-3-11-21-18(23)16-12-14(19)7-10-17(16)20/h5-10,12H,3-4,11H2,1-2H3,(H,21,23). The second-order valence-electron chi connectivity index (χ2n) is 5.54. The molecule has 0 fully saturated rings. The molecular weight excluding hydrogens is 423 g/mol. The van der Waals surface area contributed by atoms with Gasteiger partial charge in [0.1, 0.15) is 0 Å². The maximum Gasteiger partial charge on any atom is 0.252 e. The van der Waals surface area contributed by atoms with Crippen molar-refractivity contribution in [3.8, 4) is 0 Å². The number of aryl methyl sites for hydroxylation is 1. The Kier molecular flexibility index (Phi) is 6.72. The van der Waals surface area contributed by atoms with Gasteiger partial charge in [-0.2, -0.15) is 0 Å².